The molecule has 0 aromatic carbocycles. The highest BCUT2D eigenvalue weighted by atomic mass is 14.3. The van der Waals surface area contributed by atoms with Crippen LogP contribution in [0.1, 0.15) is 47.0 Å². The molecule has 0 saturated carbocycles. The quantitative estimate of drug-likeness (QED) is 0.502. The molecule has 0 aliphatic heterocycles. The van der Waals surface area contributed by atoms with Gasteiger partial charge in [0.2, 0.25) is 0 Å². The number of allylic oxidation sites excluding steroid dienone is 2. The van der Waals surface area contributed by atoms with Gasteiger partial charge >= 0.3 is 0 Å². The van der Waals surface area contributed by atoms with Crippen molar-refractivity contribution in [2.24, 2.45) is 11.3 Å². The summed E-state index contributed by atoms with van der Waals surface area (Å²) in [7, 11) is 0. The van der Waals surface area contributed by atoms with E-state index in [1.807, 2.05) is 0 Å². The molecular formula is C11H20. The lowest BCUT2D eigenvalue weighted by Crippen LogP contribution is -2.21. The first-order chi connectivity index (χ1) is 5.04. The molecule has 0 nitrogen and oxygen atoms in total. The van der Waals surface area contributed by atoms with Gasteiger partial charge < -0.3 is 0 Å². The molecule has 1 rings (SSSR count). The summed E-state index contributed by atoms with van der Waals surface area (Å²) in [5.74, 6) is 0.741. The lowest BCUT2D eigenvalue weighted by molar-refractivity contribution is 0.343. The number of hydrogen-bond acceptors (Lipinski definition) is 0. The van der Waals surface area contributed by atoms with Gasteiger partial charge in [-0.2, -0.15) is 0 Å². The van der Waals surface area contributed by atoms with Crippen molar-refractivity contribution in [3.63, 3.8) is 0 Å². The monoisotopic (exact) mass is 152 g/mol. The van der Waals surface area contributed by atoms with Crippen molar-refractivity contribution in [1.82, 2.24) is 0 Å². The van der Waals surface area contributed by atoms with E-state index >= 15 is 0 Å². The minimum atomic E-state index is 0.479. The van der Waals surface area contributed by atoms with Crippen LogP contribution in [0.15, 0.2) is 11.6 Å². The standard InChI is InChI=1S/C11H20/c1-9(2)10-7-5-6-8-11(10,3)4/h7,9H,5-6,8H2,1-4H3. The molecule has 1 aliphatic carbocycles. The Labute approximate surface area is 70.7 Å². The third-order valence-electron chi connectivity index (χ3n) is 2.77. The van der Waals surface area contributed by atoms with Crippen molar-refractivity contribution in [2.45, 2.75) is 47.0 Å². The fourth-order valence-corrected chi connectivity index (χ4v) is 2.24. The van der Waals surface area contributed by atoms with Crippen LogP contribution < -0.4 is 0 Å². The van der Waals surface area contributed by atoms with Crippen LogP contribution in [0, 0.1) is 11.3 Å². The van der Waals surface area contributed by atoms with E-state index in [1.165, 1.54) is 19.3 Å². The summed E-state index contributed by atoms with van der Waals surface area (Å²) in [6.07, 6.45) is 6.51. The third-order valence-corrected chi connectivity index (χ3v) is 2.77. The van der Waals surface area contributed by atoms with Gasteiger partial charge in [0.05, 0.1) is 0 Å². The fourth-order valence-electron chi connectivity index (χ4n) is 2.24. The van der Waals surface area contributed by atoms with E-state index in [4.69, 9.17) is 0 Å². The Morgan fingerprint density at radius 3 is 2.36 bits per heavy atom. The molecule has 0 saturated heterocycles. The zero-order chi connectivity index (χ0) is 8.48. The van der Waals surface area contributed by atoms with Gasteiger partial charge in [0.15, 0.2) is 0 Å². The van der Waals surface area contributed by atoms with Gasteiger partial charge in [-0.1, -0.05) is 39.3 Å². The van der Waals surface area contributed by atoms with Gasteiger partial charge in [0.25, 0.3) is 0 Å². The minimum absolute atomic E-state index is 0.479. The van der Waals surface area contributed by atoms with E-state index in [2.05, 4.69) is 33.8 Å². The van der Waals surface area contributed by atoms with Crippen LogP contribution in [0.4, 0.5) is 0 Å². The predicted octanol–water partition coefficient (Wildman–Crippen LogP) is 3.78. The largest absolute Gasteiger partial charge is 0.0845 e. The van der Waals surface area contributed by atoms with Gasteiger partial charge in [-0.3, -0.25) is 0 Å². The Morgan fingerprint density at radius 1 is 1.36 bits per heavy atom. The topological polar surface area (TPSA) is 0 Å². The molecule has 0 heterocycles. The molecule has 0 aromatic heterocycles. The maximum absolute atomic E-state index is 2.45. The lowest BCUT2D eigenvalue weighted by Gasteiger charge is -2.34. The summed E-state index contributed by atoms with van der Waals surface area (Å²) in [4.78, 5) is 0. The highest BCUT2D eigenvalue weighted by molar-refractivity contribution is 5.16. The van der Waals surface area contributed by atoms with Crippen molar-refractivity contribution in [2.75, 3.05) is 0 Å². The van der Waals surface area contributed by atoms with E-state index in [0.717, 1.165) is 5.92 Å². The van der Waals surface area contributed by atoms with Gasteiger partial charge in [0.1, 0.15) is 0 Å². The molecule has 11 heavy (non-hydrogen) atoms. The Kier molecular flexibility index (Phi) is 2.41. The number of rotatable bonds is 1. The molecule has 0 radical (unpaired) electrons. The third kappa shape index (κ3) is 1.85. The molecule has 0 bridgehead atoms. The summed E-state index contributed by atoms with van der Waals surface area (Å²) in [6, 6.07) is 0. The van der Waals surface area contributed by atoms with Crippen molar-refractivity contribution >= 4 is 0 Å². The Bertz CT molecular complexity index is 161. The molecule has 0 aromatic rings. The van der Waals surface area contributed by atoms with E-state index in [9.17, 15) is 0 Å². The normalized spacial score (nSPS) is 23.5. The molecule has 0 N–H and O–H groups in total. The summed E-state index contributed by atoms with van der Waals surface area (Å²) in [6.45, 7) is 9.35. The predicted molar refractivity (Wildman–Crippen MR) is 50.6 cm³/mol. The van der Waals surface area contributed by atoms with E-state index < -0.39 is 0 Å². The van der Waals surface area contributed by atoms with Crippen LogP contribution in [0.5, 0.6) is 0 Å². The molecule has 0 fully saturated rings. The summed E-state index contributed by atoms with van der Waals surface area (Å²) >= 11 is 0. The van der Waals surface area contributed by atoms with Crippen LogP contribution in [0.2, 0.25) is 0 Å². The van der Waals surface area contributed by atoms with Crippen LogP contribution in [-0.4, -0.2) is 0 Å². The zero-order valence-corrected chi connectivity index (χ0v) is 8.28. The van der Waals surface area contributed by atoms with Crippen molar-refractivity contribution in [3.8, 4) is 0 Å². The second kappa shape index (κ2) is 3.00. The molecule has 64 valence electrons. The summed E-state index contributed by atoms with van der Waals surface area (Å²) in [5.41, 5.74) is 2.15. The Hall–Kier alpha value is -0.260. The maximum atomic E-state index is 2.45. The van der Waals surface area contributed by atoms with E-state index in [0.29, 0.717) is 5.41 Å². The van der Waals surface area contributed by atoms with Crippen LogP contribution >= 0.6 is 0 Å². The lowest BCUT2D eigenvalue weighted by atomic mass is 9.71. The smallest absolute Gasteiger partial charge is 0.0142 e. The van der Waals surface area contributed by atoms with Gasteiger partial charge in [-0.05, 0) is 30.6 Å². The maximum Gasteiger partial charge on any atom is -0.0142 e. The molecule has 0 spiro atoms. The Balaban J connectivity index is 2.80. The SMILES string of the molecule is CC(C)C1=CCCCC1(C)C. The summed E-state index contributed by atoms with van der Waals surface area (Å²) < 4.78 is 0. The average Bonchev–Trinajstić information content (AvgIpc) is 1.85. The van der Waals surface area contributed by atoms with Crippen molar-refractivity contribution < 1.29 is 0 Å². The first-order valence-corrected chi connectivity index (χ1v) is 4.74. The van der Waals surface area contributed by atoms with Gasteiger partial charge in [-0.25, -0.2) is 0 Å². The second-order valence-electron chi connectivity index (χ2n) is 4.59. The molecule has 0 unspecified atom stereocenters. The molecule has 1 aliphatic rings. The zero-order valence-electron chi connectivity index (χ0n) is 8.28. The Morgan fingerprint density at radius 2 is 2.00 bits per heavy atom. The van der Waals surface area contributed by atoms with Crippen molar-refractivity contribution in [3.05, 3.63) is 11.6 Å². The highest BCUT2D eigenvalue weighted by Gasteiger charge is 2.26. The molecule has 0 atom stereocenters. The van der Waals surface area contributed by atoms with E-state index in [1.54, 1.807) is 5.57 Å². The van der Waals surface area contributed by atoms with Gasteiger partial charge in [-0.15, -0.1) is 0 Å². The average molecular weight is 152 g/mol. The fraction of sp³-hybridized carbons (Fsp3) is 0.818. The highest BCUT2D eigenvalue weighted by Crippen LogP contribution is 2.40. The molecular weight excluding hydrogens is 132 g/mol. The first-order valence-electron chi connectivity index (χ1n) is 4.74. The minimum Gasteiger partial charge on any atom is -0.0845 e. The second-order valence-corrected chi connectivity index (χ2v) is 4.59. The molecule has 0 heteroatoms. The van der Waals surface area contributed by atoms with Crippen molar-refractivity contribution in [1.29, 1.82) is 0 Å². The first kappa shape index (κ1) is 8.83. The number of hydrogen-bond donors (Lipinski definition) is 0. The van der Waals surface area contributed by atoms with Crippen LogP contribution in [-0.2, 0) is 0 Å². The van der Waals surface area contributed by atoms with E-state index in [-0.39, 0.29) is 0 Å². The van der Waals surface area contributed by atoms with Gasteiger partial charge in [0, 0.05) is 0 Å². The van der Waals surface area contributed by atoms with Crippen LogP contribution in [0.25, 0.3) is 0 Å². The van der Waals surface area contributed by atoms with Crippen LogP contribution in [0.3, 0.4) is 0 Å². The molecule has 0 amide bonds. The summed E-state index contributed by atoms with van der Waals surface area (Å²) in [5, 5.41) is 0.